The van der Waals surface area contributed by atoms with Crippen LogP contribution in [0.3, 0.4) is 0 Å². The fourth-order valence-electron chi connectivity index (χ4n) is 2.63. The van der Waals surface area contributed by atoms with Crippen LogP contribution in [0.4, 0.5) is 0 Å². The van der Waals surface area contributed by atoms with Crippen LogP contribution in [0.2, 0.25) is 0 Å². The number of carbonyl (C=O) groups is 1. The van der Waals surface area contributed by atoms with Gasteiger partial charge >= 0.3 is 0 Å². The Labute approximate surface area is 102 Å². The molecule has 2 fully saturated rings. The highest BCUT2D eigenvalue weighted by molar-refractivity contribution is 9.10. The number of halogens is 1. The maximum absolute atomic E-state index is 12.1. The number of likely N-dealkylation sites (tertiary alicyclic amines) is 1. The van der Waals surface area contributed by atoms with Crippen molar-refractivity contribution in [3.8, 4) is 0 Å². The van der Waals surface area contributed by atoms with E-state index in [1.165, 1.54) is 6.26 Å². The van der Waals surface area contributed by atoms with E-state index >= 15 is 0 Å². The second-order valence-electron chi connectivity index (χ2n) is 4.53. The molecule has 0 radical (unpaired) electrons. The van der Waals surface area contributed by atoms with Gasteiger partial charge in [-0.25, -0.2) is 0 Å². The molecule has 0 bridgehead atoms. The quantitative estimate of drug-likeness (QED) is 0.846. The lowest BCUT2D eigenvalue weighted by Crippen LogP contribution is -2.31. The van der Waals surface area contributed by atoms with Gasteiger partial charge in [0, 0.05) is 32.2 Å². The molecule has 0 unspecified atom stereocenters. The number of rotatable bonds is 1. The third-order valence-electron chi connectivity index (χ3n) is 3.49. The van der Waals surface area contributed by atoms with Crippen LogP contribution in [0.5, 0.6) is 0 Å². The average Bonchev–Trinajstić information content (AvgIpc) is 2.89. The SMILES string of the molecule is O=C(c1coc(Br)c1)N1C[C@H]2CNC[C@H]2C1. The number of nitrogens with zero attached hydrogens (tertiary/aromatic N) is 1. The minimum Gasteiger partial charge on any atom is -0.457 e. The van der Waals surface area contributed by atoms with Gasteiger partial charge in [0.25, 0.3) is 5.91 Å². The molecule has 2 saturated heterocycles. The molecule has 5 heteroatoms. The third-order valence-corrected chi connectivity index (χ3v) is 3.91. The van der Waals surface area contributed by atoms with Gasteiger partial charge in [-0.15, -0.1) is 0 Å². The summed E-state index contributed by atoms with van der Waals surface area (Å²) in [4.78, 5) is 14.1. The second-order valence-corrected chi connectivity index (χ2v) is 5.31. The zero-order chi connectivity index (χ0) is 11.1. The van der Waals surface area contributed by atoms with E-state index in [1.807, 2.05) is 4.90 Å². The zero-order valence-corrected chi connectivity index (χ0v) is 10.4. The van der Waals surface area contributed by atoms with Crippen molar-refractivity contribution in [2.24, 2.45) is 11.8 Å². The van der Waals surface area contributed by atoms with Crippen molar-refractivity contribution in [2.75, 3.05) is 26.2 Å². The highest BCUT2D eigenvalue weighted by atomic mass is 79.9. The predicted molar refractivity (Wildman–Crippen MR) is 62.2 cm³/mol. The van der Waals surface area contributed by atoms with Crippen LogP contribution < -0.4 is 5.32 Å². The maximum atomic E-state index is 12.1. The van der Waals surface area contributed by atoms with Crippen LogP contribution in [0.15, 0.2) is 21.4 Å². The Kier molecular flexibility index (Phi) is 2.52. The normalized spacial score (nSPS) is 28.4. The monoisotopic (exact) mass is 284 g/mol. The summed E-state index contributed by atoms with van der Waals surface area (Å²) < 4.78 is 5.70. The highest BCUT2D eigenvalue weighted by Gasteiger charge is 2.38. The lowest BCUT2D eigenvalue weighted by molar-refractivity contribution is 0.0781. The minimum absolute atomic E-state index is 0.0869. The molecule has 1 amide bonds. The fraction of sp³-hybridized carbons (Fsp3) is 0.545. The molecule has 2 aliphatic rings. The van der Waals surface area contributed by atoms with E-state index in [9.17, 15) is 4.79 Å². The Bertz CT molecular complexity index is 406. The third kappa shape index (κ3) is 1.68. The molecule has 3 rings (SSSR count). The Morgan fingerprint density at radius 3 is 2.69 bits per heavy atom. The first-order valence-corrected chi connectivity index (χ1v) is 6.27. The van der Waals surface area contributed by atoms with Crippen LogP contribution in [-0.4, -0.2) is 37.0 Å². The van der Waals surface area contributed by atoms with Gasteiger partial charge in [0.1, 0.15) is 6.26 Å². The summed E-state index contributed by atoms with van der Waals surface area (Å²) in [6.45, 7) is 3.84. The van der Waals surface area contributed by atoms with Gasteiger partial charge in [-0.2, -0.15) is 0 Å². The summed E-state index contributed by atoms with van der Waals surface area (Å²) in [5, 5.41) is 3.36. The Morgan fingerprint density at radius 2 is 2.12 bits per heavy atom. The molecular formula is C11H13BrN2O2. The molecule has 16 heavy (non-hydrogen) atoms. The van der Waals surface area contributed by atoms with Gasteiger partial charge in [-0.05, 0) is 27.8 Å². The lowest BCUT2D eigenvalue weighted by Gasteiger charge is -2.16. The number of nitrogens with one attached hydrogen (secondary N) is 1. The van der Waals surface area contributed by atoms with Gasteiger partial charge in [0.15, 0.2) is 4.67 Å². The summed E-state index contributed by atoms with van der Waals surface area (Å²) in [5.74, 6) is 1.36. The largest absolute Gasteiger partial charge is 0.457 e. The van der Waals surface area contributed by atoms with E-state index in [4.69, 9.17) is 4.42 Å². The first-order valence-electron chi connectivity index (χ1n) is 5.48. The van der Waals surface area contributed by atoms with E-state index in [-0.39, 0.29) is 5.91 Å². The number of carbonyl (C=O) groups excluding carboxylic acids is 1. The first kappa shape index (κ1) is 10.4. The van der Waals surface area contributed by atoms with Crippen molar-refractivity contribution in [1.82, 2.24) is 10.2 Å². The van der Waals surface area contributed by atoms with Crippen molar-refractivity contribution in [3.05, 3.63) is 22.6 Å². The molecule has 3 heterocycles. The number of hydrogen-bond donors (Lipinski definition) is 1. The van der Waals surface area contributed by atoms with E-state index in [1.54, 1.807) is 6.07 Å². The van der Waals surface area contributed by atoms with Crippen LogP contribution >= 0.6 is 15.9 Å². The highest BCUT2D eigenvalue weighted by Crippen LogP contribution is 2.28. The number of furan rings is 1. The predicted octanol–water partition coefficient (Wildman–Crippen LogP) is 1.33. The number of hydrogen-bond acceptors (Lipinski definition) is 3. The molecule has 0 saturated carbocycles. The van der Waals surface area contributed by atoms with Crippen molar-refractivity contribution in [3.63, 3.8) is 0 Å². The molecule has 2 aliphatic heterocycles. The molecule has 86 valence electrons. The molecule has 1 N–H and O–H groups in total. The Morgan fingerprint density at radius 1 is 1.44 bits per heavy atom. The maximum Gasteiger partial charge on any atom is 0.257 e. The molecule has 2 atom stereocenters. The number of fused-ring (bicyclic) bond motifs is 1. The molecule has 0 aromatic carbocycles. The Hall–Kier alpha value is -0.810. The van der Waals surface area contributed by atoms with Gasteiger partial charge in [0.2, 0.25) is 0 Å². The summed E-state index contributed by atoms with van der Waals surface area (Å²) in [6, 6.07) is 1.73. The fourth-order valence-corrected chi connectivity index (χ4v) is 2.97. The van der Waals surface area contributed by atoms with Crippen molar-refractivity contribution < 1.29 is 9.21 Å². The van der Waals surface area contributed by atoms with Crippen LogP contribution in [0.1, 0.15) is 10.4 Å². The van der Waals surface area contributed by atoms with Gasteiger partial charge < -0.3 is 14.6 Å². The van der Waals surface area contributed by atoms with E-state index in [0.29, 0.717) is 22.1 Å². The van der Waals surface area contributed by atoms with Crippen LogP contribution in [-0.2, 0) is 0 Å². The molecule has 4 nitrogen and oxygen atoms in total. The van der Waals surface area contributed by atoms with Crippen LogP contribution in [0.25, 0.3) is 0 Å². The molecular weight excluding hydrogens is 272 g/mol. The molecule has 0 aliphatic carbocycles. The van der Waals surface area contributed by atoms with Gasteiger partial charge in [-0.1, -0.05) is 0 Å². The molecule has 0 spiro atoms. The van der Waals surface area contributed by atoms with Crippen molar-refractivity contribution in [2.45, 2.75) is 0 Å². The first-order chi connectivity index (χ1) is 7.74. The van der Waals surface area contributed by atoms with E-state index in [2.05, 4.69) is 21.2 Å². The van der Waals surface area contributed by atoms with Gasteiger partial charge in [-0.3, -0.25) is 4.79 Å². The van der Waals surface area contributed by atoms with E-state index in [0.717, 1.165) is 26.2 Å². The standard InChI is InChI=1S/C11H13BrN2O2/c12-10-1-7(6-16-10)11(15)14-4-8-2-13-3-9(8)5-14/h1,6,8-9,13H,2-5H2/t8-,9+. The molecule has 1 aromatic rings. The summed E-state index contributed by atoms with van der Waals surface area (Å²) in [6.07, 6.45) is 1.51. The number of amides is 1. The zero-order valence-electron chi connectivity index (χ0n) is 8.78. The summed E-state index contributed by atoms with van der Waals surface area (Å²) in [7, 11) is 0. The van der Waals surface area contributed by atoms with Crippen molar-refractivity contribution >= 4 is 21.8 Å². The summed E-state index contributed by atoms with van der Waals surface area (Å²) >= 11 is 3.21. The smallest absolute Gasteiger partial charge is 0.257 e. The van der Waals surface area contributed by atoms with E-state index < -0.39 is 0 Å². The Balaban J connectivity index is 1.73. The van der Waals surface area contributed by atoms with Crippen molar-refractivity contribution in [1.29, 1.82) is 0 Å². The lowest BCUT2D eigenvalue weighted by atomic mass is 10.0. The molecule has 1 aromatic heterocycles. The van der Waals surface area contributed by atoms with Gasteiger partial charge in [0.05, 0.1) is 5.56 Å². The average molecular weight is 285 g/mol. The topological polar surface area (TPSA) is 45.5 Å². The minimum atomic E-state index is 0.0869. The second kappa shape index (κ2) is 3.89. The van der Waals surface area contributed by atoms with Crippen LogP contribution in [0, 0.1) is 11.8 Å². The summed E-state index contributed by atoms with van der Waals surface area (Å²) in [5.41, 5.74) is 0.639.